The number of halogens is 3. The van der Waals surface area contributed by atoms with Gasteiger partial charge >= 0.3 is 6.18 Å². The molecule has 5 nitrogen and oxygen atoms in total. The molecule has 0 amide bonds. The van der Waals surface area contributed by atoms with Gasteiger partial charge in [-0.05, 0) is 48.8 Å². The van der Waals surface area contributed by atoms with Gasteiger partial charge in [-0.1, -0.05) is 31.4 Å². The number of rotatable bonds is 5. The van der Waals surface area contributed by atoms with E-state index in [1.54, 1.807) is 12.1 Å². The Hall–Kier alpha value is -1.16. The van der Waals surface area contributed by atoms with Crippen LogP contribution in [-0.4, -0.2) is 63.3 Å². The van der Waals surface area contributed by atoms with Crippen molar-refractivity contribution in [3.05, 3.63) is 35.4 Å². The Bertz CT molecular complexity index is 848. The molecule has 3 unspecified atom stereocenters. The topological polar surface area (TPSA) is 58.6 Å². The number of hydrogen-bond acceptors (Lipinski definition) is 5. The predicted molar refractivity (Wildman–Crippen MR) is 117 cm³/mol. The van der Waals surface area contributed by atoms with E-state index in [0.717, 1.165) is 56.3 Å². The average molecular weight is 475 g/mol. The highest BCUT2D eigenvalue weighted by atomic mass is 32.2. The fraction of sp³-hybridized carbons (Fsp3) is 0.739. The molecule has 32 heavy (non-hydrogen) atoms. The van der Waals surface area contributed by atoms with Gasteiger partial charge in [-0.3, -0.25) is 10.2 Å². The standard InChI is InChI=1S/C23H33F3N2O3S/c24-23(25,26)20-8-6-18(7-9-20)19-12-17(13-28(14-19)22-15-31-11-10-27-22)16-32(29,30)21-4-2-1-3-5-21/h6-9,17,19,21-22,27H,1-5,10-16H2. The average Bonchev–Trinajstić information content (AvgIpc) is 2.79. The normalized spacial score (nSPS) is 29.2. The van der Waals surface area contributed by atoms with Crippen molar-refractivity contribution in [1.82, 2.24) is 10.2 Å². The van der Waals surface area contributed by atoms with Crippen LogP contribution in [0.3, 0.4) is 0 Å². The number of nitrogens with zero attached hydrogens (tertiary/aromatic N) is 1. The summed E-state index contributed by atoms with van der Waals surface area (Å²) in [5, 5.41) is 3.20. The monoisotopic (exact) mass is 474 g/mol. The number of sulfone groups is 1. The first-order valence-electron chi connectivity index (χ1n) is 11.7. The molecule has 0 bridgehead atoms. The van der Waals surface area contributed by atoms with Crippen LogP contribution in [-0.2, 0) is 20.8 Å². The van der Waals surface area contributed by atoms with Crippen LogP contribution in [0.15, 0.2) is 24.3 Å². The van der Waals surface area contributed by atoms with Crippen molar-refractivity contribution >= 4 is 9.84 Å². The molecule has 3 aliphatic rings. The lowest BCUT2D eigenvalue weighted by Crippen LogP contribution is -2.57. The summed E-state index contributed by atoms with van der Waals surface area (Å²) in [4.78, 5) is 2.23. The van der Waals surface area contributed by atoms with Gasteiger partial charge in [0.15, 0.2) is 9.84 Å². The molecule has 0 radical (unpaired) electrons. The molecular formula is C23H33F3N2O3S. The van der Waals surface area contributed by atoms with Gasteiger partial charge in [0.1, 0.15) is 0 Å². The van der Waals surface area contributed by atoms with Crippen LogP contribution in [0, 0.1) is 5.92 Å². The SMILES string of the molecule is O=S(=O)(CC1CC(c2ccc(C(F)(F)F)cc2)CN(C2COCCN2)C1)C1CCCCC1. The highest BCUT2D eigenvalue weighted by Crippen LogP contribution is 2.36. The Morgan fingerprint density at radius 3 is 2.41 bits per heavy atom. The maximum Gasteiger partial charge on any atom is 0.416 e. The summed E-state index contributed by atoms with van der Waals surface area (Å²) in [6, 6.07) is 5.36. The molecule has 4 rings (SSSR count). The van der Waals surface area contributed by atoms with Crippen LogP contribution in [0.2, 0.25) is 0 Å². The summed E-state index contributed by atoms with van der Waals surface area (Å²) >= 11 is 0. The second-order valence-corrected chi connectivity index (χ2v) is 11.8. The molecule has 9 heteroatoms. The molecule has 180 valence electrons. The minimum absolute atomic E-state index is 0.000818. The maximum absolute atomic E-state index is 13.2. The minimum Gasteiger partial charge on any atom is -0.377 e. The van der Waals surface area contributed by atoms with E-state index in [2.05, 4.69) is 10.2 Å². The van der Waals surface area contributed by atoms with Crippen molar-refractivity contribution in [2.45, 2.75) is 62.0 Å². The minimum atomic E-state index is -4.36. The third kappa shape index (κ3) is 5.85. The summed E-state index contributed by atoms with van der Waals surface area (Å²) in [5.74, 6) is 0.0896. The second kappa shape index (κ2) is 9.99. The largest absolute Gasteiger partial charge is 0.416 e. The summed E-state index contributed by atoms with van der Waals surface area (Å²) in [7, 11) is -3.20. The maximum atomic E-state index is 13.2. The van der Waals surface area contributed by atoms with Gasteiger partial charge in [0.2, 0.25) is 0 Å². The lowest BCUT2D eigenvalue weighted by Gasteiger charge is -2.43. The molecule has 1 aromatic rings. The lowest BCUT2D eigenvalue weighted by molar-refractivity contribution is -0.137. The van der Waals surface area contributed by atoms with Crippen LogP contribution in [0.1, 0.15) is 55.6 Å². The van der Waals surface area contributed by atoms with Crippen LogP contribution < -0.4 is 5.32 Å². The fourth-order valence-corrected chi connectivity index (χ4v) is 7.70. The lowest BCUT2D eigenvalue weighted by atomic mass is 9.84. The zero-order chi connectivity index (χ0) is 22.8. The Morgan fingerprint density at radius 2 is 1.78 bits per heavy atom. The van der Waals surface area contributed by atoms with Crippen molar-refractivity contribution in [3.8, 4) is 0 Å². The van der Waals surface area contributed by atoms with E-state index >= 15 is 0 Å². The zero-order valence-corrected chi connectivity index (χ0v) is 19.1. The van der Waals surface area contributed by atoms with Crippen molar-refractivity contribution in [1.29, 1.82) is 0 Å². The van der Waals surface area contributed by atoms with E-state index in [0.29, 0.717) is 32.7 Å². The van der Waals surface area contributed by atoms with Crippen molar-refractivity contribution in [3.63, 3.8) is 0 Å². The Morgan fingerprint density at radius 1 is 1.06 bits per heavy atom. The summed E-state index contributed by atoms with van der Waals surface area (Å²) in [5.41, 5.74) is 0.173. The molecule has 2 heterocycles. The summed E-state index contributed by atoms with van der Waals surface area (Å²) in [6.45, 7) is 3.24. The van der Waals surface area contributed by atoms with Crippen LogP contribution in [0.25, 0.3) is 0 Å². The van der Waals surface area contributed by atoms with E-state index in [9.17, 15) is 21.6 Å². The van der Waals surface area contributed by atoms with Gasteiger partial charge < -0.3 is 4.74 Å². The smallest absolute Gasteiger partial charge is 0.377 e. The molecule has 1 saturated carbocycles. The van der Waals surface area contributed by atoms with E-state index in [1.165, 1.54) is 0 Å². The van der Waals surface area contributed by atoms with E-state index in [4.69, 9.17) is 4.74 Å². The van der Waals surface area contributed by atoms with E-state index in [1.807, 2.05) is 0 Å². The number of nitrogens with one attached hydrogen (secondary N) is 1. The van der Waals surface area contributed by atoms with Gasteiger partial charge in [0.25, 0.3) is 0 Å². The number of alkyl halides is 3. The molecule has 1 N–H and O–H groups in total. The van der Waals surface area contributed by atoms with Gasteiger partial charge in [-0.2, -0.15) is 13.2 Å². The Kier molecular flexibility index (Phi) is 7.49. The van der Waals surface area contributed by atoms with E-state index < -0.39 is 21.6 Å². The number of piperidine rings is 1. The van der Waals surface area contributed by atoms with Crippen molar-refractivity contribution in [2.24, 2.45) is 5.92 Å². The predicted octanol–water partition coefficient (Wildman–Crippen LogP) is 3.80. The van der Waals surface area contributed by atoms with Gasteiger partial charge in [-0.25, -0.2) is 8.42 Å². The molecular weight excluding hydrogens is 441 g/mol. The third-order valence-corrected chi connectivity index (χ3v) is 9.57. The van der Waals surface area contributed by atoms with Gasteiger partial charge in [0.05, 0.1) is 35.9 Å². The molecule has 2 saturated heterocycles. The fourth-order valence-electron chi connectivity index (χ4n) is 5.48. The molecule has 1 aromatic carbocycles. The number of likely N-dealkylation sites (tertiary alicyclic amines) is 1. The molecule has 2 aliphatic heterocycles. The second-order valence-electron chi connectivity index (χ2n) is 9.51. The first kappa shape index (κ1) is 24.0. The quantitative estimate of drug-likeness (QED) is 0.704. The summed E-state index contributed by atoms with van der Waals surface area (Å²) in [6.07, 6.45) is 0.848. The number of ether oxygens (including phenoxy) is 1. The third-order valence-electron chi connectivity index (χ3n) is 7.15. The molecule has 0 spiro atoms. The Labute approximate surface area is 188 Å². The van der Waals surface area contributed by atoms with Crippen LogP contribution in [0.4, 0.5) is 13.2 Å². The van der Waals surface area contributed by atoms with Crippen molar-refractivity contribution < 1.29 is 26.3 Å². The number of hydrogen-bond donors (Lipinski definition) is 1. The van der Waals surface area contributed by atoms with E-state index in [-0.39, 0.29) is 29.0 Å². The number of morpholine rings is 1. The van der Waals surface area contributed by atoms with Crippen LogP contribution >= 0.6 is 0 Å². The van der Waals surface area contributed by atoms with Gasteiger partial charge in [-0.15, -0.1) is 0 Å². The van der Waals surface area contributed by atoms with Crippen LogP contribution in [0.5, 0.6) is 0 Å². The zero-order valence-electron chi connectivity index (χ0n) is 18.3. The summed E-state index contributed by atoms with van der Waals surface area (Å²) < 4.78 is 70.9. The highest BCUT2D eigenvalue weighted by molar-refractivity contribution is 7.92. The molecule has 3 atom stereocenters. The molecule has 3 fully saturated rings. The van der Waals surface area contributed by atoms with Crippen molar-refractivity contribution in [2.75, 3.05) is 38.6 Å². The number of benzene rings is 1. The molecule has 1 aliphatic carbocycles. The highest BCUT2D eigenvalue weighted by Gasteiger charge is 2.37. The Balaban J connectivity index is 1.52. The first-order valence-corrected chi connectivity index (χ1v) is 13.4. The molecule has 0 aromatic heterocycles. The van der Waals surface area contributed by atoms with Gasteiger partial charge in [0, 0.05) is 19.6 Å². The first-order chi connectivity index (χ1) is 15.2.